The number of nitrogens with zero attached hydrogens (tertiary/aromatic N) is 1. The second-order valence-electron chi connectivity index (χ2n) is 4.55. The van der Waals surface area contributed by atoms with Gasteiger partial charge in [-0.3, -0.25) is 4.99 Å². The highest BCUT2D eigenvalue weighted by atomic mass is 15.0. The maximum atomic E-state index is 4.59. The zero-order valence-corrected chi connectivity index (χ0v) is 10.3. The molecule has 0 aromatic heterocycles. The zero-order valence-electron chi connectivity index (χ0n) is 10.3. The van der Waals surface area contributed by atoms with Crippen molar-refractivity contribution in [2.75, 3.05) is 0 Å². The van der Waals surface area contributed by atoms with Gasteiger partial charge in [0, 0.05) is 13.0 Å². The van der Waals surface area contributed by atoms with Gasteiger partial charge in [0.15, 0.2) is 0 Å². The van der Waals surface area contributed by atoms with E-state index in [-0.39, 0.29) is 0 Å². The molecule has 1 aliphatic heterocycles. The minimum atomic E-state index is 0.799. The van der Waals surface area contributed by atoms with Crippen molar-refractivity contribution in [1.82, 2.24) is 5.32 Å². The van der Waals surface area contributed by atoms with Crippen LogP contribution in [0.3, 0.4) is 0 Å². The van der Waals surface area contributed by atoms with Crippen LogP contribution in [-0.4, -0.2) is 5.84 Å². The molecule has 90 valence electrons. The van der Waals surface area contributed by atoms with Crippen LogP contribution >= 0.6 is 0 Å². The maximum absolute atomic E-state index is 4.59. The van der Waals surface area contributed by atoms with Crippen LogP contribution in [0.5, 0.6) is 0 Å². The second-order valence-corrected chi connectivity index (χ2v) is 4.55. The third kappa shape index (κ3) is 2.43. The zero-order chi connectivity index (χ0) is 12.2. The fourth-order valence-electron chi connectivity index (χ4n) is 2.22. The monoisotopic (exact) mass is 236 g/mol. The Morgan fingerprint density at radius 3 is 2.44 bits per heavy atom. The minimum Gasteiger partial charge on any atom is -0.369 e. The van der Waals surface area contributed by atoms with E-state index in [1.54, 1.807) is 0 Å². The molecule has 2 aromatic rings. The summed E-state index contributed by atoms with van der Waals surface area (Å²) < 4.78 is 0. The van der Waals surface area contributed by atoms with E-state index in [2.05, 4.69) is 58.8 Å². The van der Waals surface area contributed by atoms with Crippen LogP contribution in [-0.2, 0) is 19.5 Å². The summed E-state index contributed by atoms with van der Waals surface area (Å²) in [6.45, 7) is 1.65. The van der Waals surface area contributed by atoms with E-state index in [0.717, 1.165) is 25.3 Å². The van der Waals surface area contributed by atoms with Gasteiger partial charge in [-0.1, -0.05) is 54.6 Å². The van der Waals surface area contributed by atoms with Gasteiger partial charge in [-0.15, -0.1) is 0 Å². The van der Waals surface area contributed by atoms with E-state index < -0.39 is 0 Å². The molecular weight excluding hydrogens is 220 g/mol. The number of hydrogen-bond donors (Lipinski definition) is 1. The predicted molar refractivity (Wildman–Crippen MR) is 74.6 cm³/mol. The average Bonchev–Trinajstić information content (AvgIpc) is 2.46. The summed E-state index contributed by atoms with van der Waals surface area (Å²) in [6, 6.07) is 19.0. The maximum Gasteiger partial charge on any atom is 0.101 e. The smallest absolute Gasteiger partial charge is 0.101 e. The Kier molecular flexibility index (Phi) is 3.09. The van der Waals surface area contributed by atoms with Gasteiger partial charge in [-0.25, -0.2) is 0 Å². The molecule has 2 aromatic carbocycles. The van der Waals surface area contributed by atoms with Crippen molar-refractivity contribution in [3.8, 4) is 0 Å². The molecule has 0 unspecified atom stereocenters. The molecule has 2 heteroatoms. The van der Waals surface area contributed by atoms with Crippen LogP contribution in [0.25, 0.3) is 0 Å². The first-order valence-electron chi connectivity index (χ1n) is 6.30. The molecule has 1 N–H and O–H groups in total. The van der Waals surface area contributed by atoms with Crippen molar-refractivity contribution < 1.29 is 0 Å². The summed E-state index contributed by atoms with van der Waals surface area (Å²) >= 11 is 0. The molecule has 0 radical (unpaired) electrons. The molecule has 0 saturated carbocycles. The molecule has 0 bridgehead atoms. The number of nitrogens with one attached hydrogen (secondary N) is 1. The van der Waals surface area contributed by atoms with Gasteiger partial charge in [-0.2, -0.15) is 0 Å². The van der Waals surface area contributed by atoms with Crippen LogP contribution < -0.4 is 5.32 Å². The number of amidine groups is 1. The van der Waals surface area contributed by atoms with E-state index in [1.165, 1.54) is 16.7 Å². The summed E-state index contributed by atoms with van der Waals surface area (Å²) in [6.07, 6.45) is 0.920. The normalized spacial score (nSPS) is 13.7. The Hall–Kier alpha value is -2.09. The average molecular weight is 236 g/mol. The molecule has 3 rings (SSSR count). The van der Waals surface area contributed by atoms with Gasteiger partial charge in [0.2, 0.25) is 0 Å². The number of benzene rings is 2. The van der Waals surface area contributed by atoms with Gasteiger partial charge < -0.3 is 5.32 Å². The fourth-order valence-corrected chi connectivity index (χ4v) is 2.22. The summed E-state index contributed by atoms with van der Waals surface area (Å²) in [4.78, 5) is 4.59. The topological polar surface area (TPSA) is 24.4 Å². The highest BCUT2D eigenvalue weighted by molar-refractivity contribution is 5.85. The molecule has 0 saturated heterocycles. The highest BCUT2D eigenvalue weighted by Crippen LogP contribution is 2.15. The lowest BCUT2D eigenvalue weighted by Gasteiger charge is -2.17. The first kappa shape index (κ1) is 11.0. The number of aliphatic imine (C=N–C) groups is 1. The summed E-state index contributed by atoms with van der Waals surface area (Å²) in [7, 11) is 0. The molecule has 0 fully saturated rings. The molecule has 2 nitrogen and oxygen atoms in total. The van der Waals surface area contributed by atoms with Crippen LogP contribution in [0.15, 0.2) is 59.6 Å². The highest BCUT2D eigenvalue weighted by Gasteiger charge is 2.10. The Balaban J connectivity index is 1.64. The Morgan fingerprint density at radius 1 is 0.889 bits per heavy atom. The van der Waals surface area contributed by atoms with E-state index >= 15 is 0 Å². The minimum absolute atomic E-state index is 0.799. The van der Waals surface area contributed by atoms with Crippen LogP contribution in [0.2, 0.25) is 0 Å². The van der Waals surface area contributed by atoms with Crippen LogP contribution in [0.1, 0.15) is 16.7 Å². The summed E-state index contributed by atoms with van der Waals surface area (Å²) in [5, 5.41) is 3.43. The number of rotatable bonds is 2. The van der Waals surface area contributed by atoms with Crippen LogP contribution in [0.4, 0.5) is 0 Å². The van der Waals surface area contributed by atoms with E-state index in [1.807, 2.05) is 6.07 Å². The molecule has 1 heterocycles. The first-order valence-corrected chi connectivity index (χ1v) is 6.30. The van der Waals surface area contributed by atoms with Gasteiger partial charge in [0.1, 0.15) is 5.84 Å². The lowest BCUT2D eigenvalue weighted by Crippen LogP contribution is -2.27. The Bertz CT molecular complexity index is 558. The largest absolute Gasteiger partial charge is 0.369 e. The molecular formula is C16H16N2. The number of hydrogen-bond acceptors (Lipinski definition) is 2. The van der Waals surface area contributed by atoms with Crippen LogP contribution in [0, 0.1) is 0 Å². The van der Waals surface area contributed by atoms with Crippen molar-refractivity contribution in [3.05, 3.63) is 71.3 Å². The van der Waals surface area contributed by atoms with Crippen molar-refractivity contribution in [2.24, 2.45) is 4.99 Å². The van der Waals surface area contributed by atoms with Gasteiger partial charge >= 0.3 is 0 Å². The molecule has 0 spiro atoms. The van der Waals surface area contributed by atoms with Gasteiger partial charge in [0.05, 0.1) is 6.54 Å². The lowest BCUT2D eigenvalue weighted by atomic mass is 10.0. The molecule has 18 heavy (non-hydrogen) atoms. The van der Waals surface area contributed by atoms with E-state index in [0.29, 0.717) is 0 Å². The Morgan fingerprint density at radius 2 is 1.61 bits per heavy atom. The number of fused-ring (bicyclic) bond motifs is 1. The van der Waals surface area contributed by atoms with Crippen molar-refractivity contribution in [2.45, 2.75) is 19.5 Å². The van der Waals surface area contributed by atoms with E-state index in [9.17, 15) is 0 Å². The molecule has 0 atom stereocenters. The van der Waals surface area contributed by atoms with Crippen molar-refractivity contribution in [3.63, 3.8) is 0 Å². The van der Waals surface area contributed by atoms with Crippen molar-refractivity contribution in [1.29, 1.82) is 0 Å². The predicted octanol–water partition coefficient (Wildman–Crippen LogP) is 2.93. The fraction of sp³-hybridized carbons (Fsp3) is 0.188. The standard InChI is InChI=1S/C16H16N2/c1-2-6-13(7-3-1)11-17-16-10-14-8-4-5-9-15(14)12-18-16/h1-9H,10-12H2,(H,17,18). The van der Waals surface area contributed by atoms with Gasteiger partial charge in [0.25, 0.3) is 0 Å². The van der Waals surface area contributed by atoms with E-state index in [4.69, 9.17) is 0 Å². The van der Waals surface area contributed by atoms with Gasteiger partial charge in [-0.05, 0) is 16.7 Å². The third-order valence-corrected chi connectivity index (χ3v) is 3.26. The molecule has 0 aliphatic carbocycles. The molecule has 1 aliphatic rings. The first-order chi connectivity index (χ1) is 8.92. The summed E-state index contributed by atoms with van der Waals surface area (Å²) in [5.74, 6) is 1.09. The van der Waals surface area contributed by atoms with Crippen molar-refractivity contribution >= 4 is 5.84 Å². The molecule has 0 amide bonds. The third-order valence-electron chi connectivity index (χ3n) is 3.26. The summed E-state index contributed by atoms with van der Waals surface area (Å²) in [5.41, 5.74) is 4.03. The second kappa shape index (κ2) is 5.05. The lowest BCUT2D eigenvalue weighted by molar-refractivity contribution is 0.854. The SMILES string of the molecule is c1ccc(CNC2=NCc3ccccc3C2)cc1. The Labute approximate surface area is 107 Å². The quantitative estimate of drug-likeness (QED) is 0.851.